The molecule has 3 aromatic rings. The van der Waals surface area contributed by atoms with Crippen molar-refractivity contribution in [2.24, 2.45) is 7.05 Å². The second kappa shape index (κ2) is 4.78. The zero-order chi connectivity index (χ0) is 13.2. The van der Waals surface area contributed by atoms with Gasteiger partial charge in [0.1, 0.15) is 0 Å². The van der Waals surface area contributed by atoms with E-state index in [2.05, 4.69) is 38.8 Å². The Bertz CT molecular complexity index is 704. The van der Waals surface area contributed by atoms with E-state index in [1.54, 1.807) is 10.9 Å². The third kappa shape index (κ3) is 2.08. The Balaban J connectivity index is 2.09. The van der Waals surface area contributed by atoms with Crippen LogP contribution in [-0.4, -0.2) is 27.0 Å². The van der Waals surface area contributed by atoms with Crippen LogP contribution < -0.4 is 5.32 Å². The lowest BCUT2D eigenvalue weighted by molar-refractivity contribution is 0.598. The van der Waals surface area contributed by atoms with Crippen molar-refractivity contribution in [1.82, 2.24) is 25.3 Å². The van der Waals surface area contributed by atoms with E-state index >= 15 is 0 Å². The standard InChI is InChI=1S/C14H15N5/c1-15-14(13-9-17-18-19(13)2)11-5-6-12-10(8-11)4-3-7-16-12/h3-9,14-15H,1-2H3. The summed E-state index contributed by atoms with van der Waals surface area (Å²) in [4.78, 5) is 4.34. The van der Waals surface area contributed by atoms with Crippen molar-refractivity contribution in [3.05, 3.63) is 54.0 Å². The van der Waals surface area contributed by atoms with Crippen LogP contribution in [0.5, 0.6) is 0 Å². The molecule has 0 aliphatic carbocycles. The van der Waals surface area contributed by atoms with Crippen molar-refractivity contribution in [1.29, 1.82) is 0 Å². The molecule has 96 valence electrons. The summed E-state index contributed by atoms with van der Waals surface area (Å²) in [7, 11) is 3.83. The topological polar surface area (TPSA) is 55.6 Å². The number of aromatic nitrogens is 4. The lowest BCUT2D eigenvalue weighted by Crippen LogP contribution is -2.20. The van der Waals surface area contributed by atoms with Crippen molar-refractivity contribution in [3.63, 3.8) is 0 Å². The molecule has 0 bridgehead atoms. The minimum absolute atomic E-state index is 0.0737. The number of nitrogens with zero attached hydrogens (tertiary/aromatic N) is 4. The highest BCUT2D eigenvalue weighted by atomic mass is 15.4. The fraction of sp³-hybridized carbons (Fsp3) is 0.214. The minimum atomic E-state index is 0.0737. The lowest BCUT2D eigenvalue weighted by atomic mass is 10.0. The lowest BCUT2D eigenvalue weighted by Gasteiger charge is -2.16. The van der Waals surface area contributed by atoms with Gasteiger partial charge in [0.2, 0.25) is 0 Å². The Hall–Kier alpha value is -2.27. The van der Waals surface area contributed by atoms with Gasteiger partial charge >= 0.3 is 0 Å². The van der Waals surface area contributed by atoms with Gasteiger partial charge in [-0.2, -0.15) is 0 Å². The first-order valence-electron chi connectivity index (χ1n) is 6.16. The highest BCUT2D eigenvalue weighted by Crippen LogP contribution is 2.23. The summed E-state index contributed by atoms with van der Waals surface area (Å²) in [5.41, 5.74) is 3.21. The number of hydrogen-bond acceptors (Lipinski definition) is 4. The number of nitrogens with one attached hydrogen (secondary N) is 1. The largest absolute Gasteiger partial charge is 0.308 e. The van der Waals surface area contributed by atoms with E-state index in [1.807, 2.05) is 32.4 Å². The molecule has 3 rings (SSSR count). The van der Waals surface area contributed by atoms with E-state index in [0.29, 0.717) is 0 Å². The molecule has 0 spiro atoms. The smallest absolute Gasteiger partial charge is 0.0798 e. The quantitative estimate of drug-likeness (QED) is 0.771. The Labute approximate surface area is 111 Å². The molecule has 19 heavy (non-hydrogen) atoms. The average Bonchev–Trinajstić information content (AvgIpc) is 2.86. The molecule has 0 aliphatic rings. The van der Waals surface area contributed by atoms with Gasteiger partial charge in [0.05, 0.1) is 23.4 Å². The number of fused-ring (bicyclic) bond motifs is 1. The maximum absolute atomic E-state index is 4.34. The van der Waals surface area contributed by atoms with E-state index in [9.17, 15) is 0 Å². The summed E-state index contributed by atoms with van der Waals surface area (Å²) >= 11 is 0. The van der Waals surface area contributed by atoms with Crippen LogP contribution in [-0.2, 0) is 7.05 Å². The van der Waals surface area contributed by atoms with Gasteiger partial charge in [0.15, 0.2) is 0 Å². The zero-order valence-corrected chi connectivity index (χ0v) is 10.9. The van der Waals surface area contributed by atoms with E-state index in [-0.39, 0.29) is 6.04 Å². The van der Waals surface area contributed by atoms with Gasteiger partial charge in [-0.15, -0.1) is 5.10 Å². The van der Waals surface area contributed by atoms with Gasteiger partial charge in [-0.3, -0.25) is 9.67 Å². The molecule has 0 amide bonds. The van der Waals surface area contributed by atoms with Crippen LogP contribution in [0.25, 0.3) is 10.9 Å². The van der Waals surface area contributed by atoms with Crippen LogP contribution in [0.3, 0.4) is 0 Å². The van der Waals surface area contributed by atoms with Crippen LogP contribution in [0, 0.1) is 0 Å². The van der Waals surface area contributed by atoms with Crippen LogP contribution in [0.4, 0.5) is 0 Å². The maximum atomic E-state index is 4.34. The molecule has 0 radical (unpaired) electrons. The summed E-state index contributed by atoms with van der Waals surface area (Å²) in [5, 5.41) is 12.4. The molecule has 5 nitrogen and oxygen atoms in total. The Morgan fingerprint density at radius 2 is 2.16 bits per heavy atom. The summed E-state index contributed by atoms with van der Waals surface area (Å²) in [6, 6.07) is 10.4. The first-order chi connectivity index (χ1) is 9.29. The predicted octanol–water partition coefficient (Wildman–Crippen LogP) is 1.67. The molecule has 2 aromatic heterocycles. The molecule has 5 heteroatoms. The third-order valence-corrected chi connectivity index (χ3v) is 3.29. The van der Waals surface area contributed by atoms with Crippen LogP contribution in [0.15, 0.2) is 42.7 Å². The minimum Gasteiger partial charge on any atom is -0.308 e. The number of rotatable bonds is 3. The molecule has 0 saturated heterocycles. The Kier molecular flexibility index (Phi) is 2.97. The second-order valence-electron chi connectivity index (χ2n) is 4.46. The highest BCUT2D eigenvalue weighted by Gasteiger charge is 2.16. The van der Waals surface area contributed by atoms with Crippen molar-refractivity contribution >= 4 is 10.9 Å². The van der Waals surface area contributed by atoms with Crippen molar-refractivity contribution in [3.8, 4) is 0 Å². The summed E-state index contributed by atoms with van der Waals surface area (Å²) < 4.78 is 1.79. The normalized spacial score (nSPS) is 12.7. The summed E-state index contributed by atoms with van der Waals surface area (Å²) in [6.45, 7) is 0. The van der Waals surface area contributed by atoms with Crippen LogP contribution >= 0.6 is 0 Å². The summed E-state index contributed by atoms with van der Waals surface area (Å²) in [5.74, 6) is 0. The van der Waals surface area contributed by atoms with E-state index in [4.69, 9.17) is 0 Å². The van der Waals surface area contributed by atoms with Gasteiger partial charge in [0, 0.05) is 18.6 Å². The molecule has 1 aromatic carbocycles. The molecular weight excluding hydrogens is 238 g/mol. The average molecular weight is 253 g/mol. The molecule has 1 unspecified atom stereocenters. The molecule has 0 aliphatic heterocycles. The molecule has 1 atom stereocenters. The number of benzene rings is 1. The van der Waals surface area contributed by atoms with Crippen LogP contribution in [0.1, 0.15) is 17.3 Å². The monoisotopic (exact) mass is 253 g/mol. The third-order valence-electron chi connectivity index (χ3n) is 3.29. The molecule has 2 heterocycles. The fourth-order valence-corrected chi connectivity index (χ4v) is 2.32. The SMILES string of the molecule is CNC(c1ccc2ncccc2c1)c1cnnn1C. The van der Waals surface area contributed by atoms with Gasteiger partial charge in [-0.05, 0) is 30.8 Å². The fourth-order valence-electron chi connectivity index (χ4n) is 2.32. The van der Waals surface area contributed by atoms with Crippen molar-refractivity contribution in [2.45, 2.75) is 6.04 Å². The number of pyridine rings is 1. The number of hydrogen-bond donors (Lipinski definition) is 1. The maximum Gasteiger partial charge on any atom is 0.0798 e. The van der Waals surface area contributed by atoms with Gasteiger partial charge in [0.25, 0.3) is 0 Å². The van der Waals surface area contributed by atoms with Gasteiger partial charge < -0.3 is 5.32 Å². The van der Waals surface area contributed by atoms with Gasteiger partial charge in [-0.1, -0.05) is 17.3 Å². The second-order valence-corrected chi connectivity index (χ2v) is 4.46. The zero-order valence-electron chi connectivity index (χ0n) is 10.9. The van der Waals surface area contributed by atoms with E-state index in [0.717, 1.165) is 16.6 Å². The Morgan fingerprint density at radius 1 is 1.26 bits per heavy atom. The summed E-state index contributed by atoms with van der Waals surface area (Å²) in [6.07, 6.45) is 3.59. The molecule has 1 N–H and O–H groups in total. The molecular formula is C14H15N5. The van der Waals surface area contributed by atoms with Crippen molar-refractivity contribution < 1.29 is 0 Å². The van der Waals surface area contributed by atoms with E-state index < -0.39 is 0 Å². The Morgan fingerprint density at radius 3 is 2.89 bits per heavy atom. The highest BCUT2D eigenvalue weighted by molar-refractivity contribution is 5.79. The number of aryl methyl sites for hydroxylation is 1. The van der Waals surface area contributed by atoms with E-state index in [1.165, 1.54) is 5.56 Å². The molecule has 0 fully saturated rings. The van der Waals surface area contributed by atoms with Gasteiger partial charge in [-0.25, -0.2) is 0 Å². The predicted molar refractivity (Wildman–Crippen MR) is 73.6 cm³/mol. The first-order valence-corrected chi connectivity index (χ1v) is 6.16. The molecule has 0 saturated carbocycles. The first kappa shape index (κ1) is 11.8. The van der Waals surface area contributed by atoms with Crippen molar-refractivity contribution in [2.75, 3.05) is 7.05 Å². The van der Waals surface area contributed by atoms with Crippen LogP contribution in [0.2, 0.25) is 0 Å².